The zero-order valence-electron chi connectivity index (χ0n) is 11.6. The molecule has 4 nitrogen and oxygen atoms in total. The van der Waals surface area contributed by atoms with Crippen LogP contribution in [0.5, 0.6) is 0 Å². The summed E-state index contributed by atoms with van der Waals surface area (Å²) in [7, 11) is 0. The van der Waals surface area contributed by atoms with E-state index >= 15 is 0 Å². The van der Waals surface area contributed by atoms with Crippen LogP contribution in [-0.2, 0) is 12.8 Å². The van der Waals surface area contributed by atoms with Crippen LogP contribution in [0.1, 0.15) is 36.4 Å². The van der Waals surface area contributed by atoms with Gasteiger partial charge in [0.2, 0.25) is 0 Å². The highest BCUT2D eigenvalue weighted by Crippen LogP contribution is 2.24. The molecule has 0 saturated heterocycles. The number of aromatic nitrogens is 2. The number of rotatable bonds is 3. The second kappa shape index (κ2) is 5.15. The molecule has 0 atom stereocenters. The molecule has 2 aromatic rings. The average molecular weight is 254 g/mol. The normalized spacial score (nSPS) is 10.4. The molecule has 1 aromatic carbocycles. The summed E-state index contributed by atoms with van der Waals surface area (Å²) in [5.41, 5.74) is 11.2. The minimum absolute atomic E-state index is 0.625. The van der Waals surface area contributed by atoms with E-state index in [2.05, 4.69) is 11.2 Å². The Hall–Kier alpha value is -2.28. The van der Waals surface area contributed by atoms with Crippen LogP contribution in [0.4, 0.5) is 5.69 Å². The Bertz CT molecular complexity index is 647. The van der Waals surface area contributed by atoms with Gasteiger partial charge in [-0.05, 0) is 37.5 Å². The van der Waals surface area contributed by atoms with Crippen LogP contribution in [0.2, 0.25) is 0 Å². The van der Waals surface area contributed by atoms with Gasteiger partial charge in [-0.2, -0.15) is 10.4 Å². The molecule has 0 amide bonds. The fourth-order valence-electron chi connectivity index (χ4n) is 2.24. The number of anilines is 1. The lowest BCUT2D eigenvalue weighted by Crippen LogP contribution is -2.05. The van der Waals surface area contributed by atoms with E-state index in [-0.39, 0.29) is 0 Å². The van der Waals surface area contributed by atoms with Gasteiger partial charge in [0, 0.05) is 0 Å². The number of nitrogens with two attached hydrogens (primary N) is 1. The average Bonchev–Trinajstić information content (AvgIpc) is 2.74. The number of nitriles is 1. The van der Waals surface area contributed by atoms with E-state index in [1.165, 1.54) is 0 Å². The lowest BCUT2D eigenvalue weighted by Gasteiger charge is -2.08. The van der Waals surface area contributed by atoms with E-state index in [0.717, 1.165) is 41.2 Å². The first kappa shape index (κ1) is 13.2. The van der Waals surface area contributed by atoms with Gasteiger partial charge in [0.25, 0.3) is 0 Å². The smallest absolute Gasteiger partial charge is 0.101 e. The summed E-state index contributed by atoms with van der Waals surface area (Å²) < 4.78 is 1.81. The van der Waals surface area contributed by atoms with Crippen LogP contribution in [0, 0.1) is 18.3 Å². The first-order valence-electron chi connectivity index (χ1n) is 6.49. The fraction of sp³-hybridized carbons (Fsp3) is 0.333. The molecule has 19 heavy (non-hydrogen) atoms. The van der Waals surface area contributed by atoms with Crippen LogP contribution < -0.4 is 5.73 Å². The highest BCUT2D eigenvalue weighted by atomic mass is 15.3. The molecule has 2 N–H and O–H groups in total. The Morgan fingerprint density at radius 1 is 1.32 bits per heavy atom. The van der Waals surface area contributed by atoms with E-state index < -0.39 is 0 Å². The summed E-state index contributed by atoms with van der Waals surface area (Å²) in [6.45, 7) is 6.05. The van der Waals surface area contributed by atoms with Crippen LogP contribution in [-0.4, -0.2) is 9.78 Å². The monoisotopic (exact) mass is 254 g/mol. The molecule has 0 radical (unpaired) electrons. The van der Waals surface area contributed by atoms with Crippen LogP contribution in [0.15, 0.2) is 18.2 Å². The highest BCUT2D eigenvalue weighted by Gasteiger charge is 2.16. The molecule has 0 bridgehead atoms. The Morgan fingerprint density at radius 2 is 2.05 bits per heavy atom. The van der Waals surface area contributed by atoms with Gasteiger partial charge in [-0.1, -0.05) is 19.9 Å². The quantitative estimate of drug-likeness (QED) is 0.915. The van der Waals surface area contributed by atoms with Crippen molar-refractivity contribution in [1.29, 1.82) is 5.26 Å². The Balaban J connectivity index is 2.69. The molecule has 2 rings (SSSR count). The number of hydrogen-bond acceptors (Lipinski definition) is 3. The molecule has 4 heteroatoms. The van der Waals surface area contributed by atoms with Crippen LogP contribution >= 0.6 is 0 Å². The van der Waals surface area contributed by atoms with E-state index in [4.69, 9.17) is 5.73 Å². The molecular weight excluding hydrogens is 236 g/mol. The molecule has 1 heterocycles. The van der Waals surface area contributed by atoms with E-state index in [0.29, 0.717) is 5.56 Å². The van der Waals surface area contributed by atoms with Gasteiger partial charge in [-0.3, -0.25) is 0 Å². The molecule has 0 aliphatic heterocycles. The van der Waals surface area contributed by atoms with Gasteiger partial charge in [-0.25, -0.2) is 4.68 Å². The topological polar surface area (TPSA) is 67.6 Å². The molecule has 0 saturated carbocycles. The third kappa shape index (κ3) is 2.19. The minimum Gasteiger partial charge on any atom is -0.396 e. The molecular formula is C15H18N4. The van der Waals surface area contributed by atoms with E-state index in [9.17, 15) is 5.26 Å². The zero-order chi connectivity index (χ0) is 14.0. The fourth-order valence-corrected chi connectivity index (χ4v) is 2.24. The third-order valence-corrected chi connectivity index (χ3v) is 3.27. The molecule has 0 aliphatic carbocycles. The minimum atomic E-state index is 0.625. The molecule has 0 fully saturated rings. The number of hydrogen-bond donors (Lipinski definition) is 1. The lowest BCUT2D eigenvalue weighted by molar-refractivity contribution is 0.792. The zero-order valence-corrected chi connectivity index (χ0v) is 11.6. The van der Waals surface area contributed by atoms with Crippen LogP contribution in [0.3, 0.4) is 0 Å². The molecule has 0 spiro atoms. The van der Waals surface area contributed by atoms with Crippen molar-refractivity contribution in [2.24, 2.45) is 0 Å². The summed E-state index contributed by atoms with van der Waals surface area (Å²) in [5, 5.41) is 13.8. The molecule has 98 valence electrons. The van der Waals surface area contributed by atoms with Crippen molar-refractivity contribution >= 4 is 5.69 Å². The van der Waals surface area contributed by atoms with E-state index in [1.54, 1.807) is 0 Å². The maximum Gasteiger partial charge on any atom is 0.101 e. The Kier molecular flexibility index (Phi) is 3.57. The first-order valence-corrected chi connectivity index (χ1v) is 6.49. The van der Waals surface area contributed by atoms with Crippen molar-refractivity contribution in [3.8, 4) is 11.8 Å². The van der Waals surface area contributed by atoms with E-state index in [1.807, 2.05) is 43.7 Å². The van der Waals surface area contributed by atoms with Gasteiger partial charge in [-0.15, -0.1) is 0 Å². The summed E-state index contributed by atoms with van der Waals surface area (Å²) in [4.78, 5) is 0. The second-order valence-corrected chi connectivity index (χ2v) is 4.56. The lowest BCUT2D eigenvalue weighted by atomic mass is 10.1. The van der Waals surface area contributed by atoms with Gasteiger partial charge >= 0.3 is 0 Å². The highest BCUT2D eigenvalue weighted by molar-refractivity contribution is 5.56. The van der Waals surface area contributed by atoms with Gasteiger partial charge in [0.1, 0.15) is 6.07 Å². The Labute approximate surface area is 113 Å². The summed E-state index contributed by atoms with van der Waals surface area (Å²) in [6, 6.07) is 8.02. The SMILES string of the molecule is CCc1nn(-c2ccc(C)cc2C#N)c(CC)c1N. The summed E-state index contributed by atoms with van der Waals surface area (Å²) in [6.07, 6.45) is 1.58. The maximum atomic E-state index is 9.28. The van der Waals surface area contributed by atoms with Gasteiger partial charge < -0.3 is 5.73 Å². The van der Waals surface area contributed by atoms with Gasteiger partial charge in [0.05, 0.1) is 28.3 Å². The maximum absolute atomic E-state index is 9.28. The second-order valence-electron chi connectivity index (χ2n) is 4.56. The summed E-state index contributed by atoms with van der Waals surface area (Å²) >= 11 is 0. The molecule has 0 unspecified atom stereocenters. The standard InChI is InChI=1S/C15H18N4/c1-4-12-15(17)13(5-2)19(18-12)14-7-6-10(3)8-11(14)9-16/h6-8H,4-5,17H2,1-3H3. The molecule has 1 aromatic heterocycles. The predicted molar refractivity (Wildman–Crippen MR) is 76.2 cm³/mol. The first-order chi connectivity index (χ1) is 9.12. The van der Waals surface area contributed by atoms with Gasteiger partial charge in [0.15, 0.2) is 0 Å². The predicted octanol–water partition coefficient (Wildman–Crippen LogP) is 2.76. The Morgan fingerprint density at radius 3 is 2.63 bits per heavy atom. The summed E-state index contributed by atoms with van der Waals surface area (Å²) in [5.74, 6) is 0. The third-order valence-electron chi connectivity index (χ3n) is 3.27. The van der Waals surface area contributed by atoms with Crippen molar-refractivity contribution in [3.05, 3.63) is 40.7 Å². The van der Waals surface area contributed by atoms with Crippen LogP contribution in [0.25, 0.3) is 5.69 Å². The number of nitrogens with zero attached hydrogens (tertiary/aromatic N) is 3. The van der Waals surface area contributed by atoms with Crippen molar-refractivity contribution in [2.45, 2.75) is 33.6 Å². The number of aryl methyl sites for hydroxylation is 2. The van der Waals surface area contributed by atoms with Crippen molar-refractivity contribution in [2.75, 3.05) is 5.73 Å². The molecule has 0 aliphatic rings. The largest absolute Gasteiger partial charge is 0.396 e. The number of benzene rings is 1. The number of nitrogen functional groups attached to an aromatic ring is 1. The van der Waals surface area contributed by atoms with Crippen molar-refractivity contribution < 1.29 is 0 Å². The van der Waals surface area contributed by atoms with Crippen molar-refractivity contribution in [3.63, 3.8) is 0 Å². The van der Waals surface area contributed by atoms with Crippen molar-refractivity contribution in [1.82, 2.24) is 9.78 Å².